The summed E-state index contributed by atoms with van der Waals surface area (Å²) in [5.41, 5.74) is -0.373. The van der Waals surface area contributed by atoms with E-state index in [-0.39, 0.29) is 5.70 Å². The van der Waals surface area contributed by atoms with Crippen molar-refractivity contribution in [3.63, 3.8) is 0 Å². The van der Waals surface area contributed by atoms with Crippen molar-refractivity contribution in [2.75, 3.05) is 6.61 Å². The van der Waals surface area contributed by atoms with E-state index in [1.54, 1.807) is 6.07 Å². The van der Waals surface area contributed by atoms with E-state index < -0.39 is 33.9 Å². The fraction of sp³-hybridized carbons (Fsp3) is 0.500. The largest absolute Gasteiger partial charge is 0.435 e. The number of hydrogen-bond donors (Lipinski definition) is 1. The molecule has 0 unspecified atom stereocenters. The number of aryl methyl sites for hydroxylation is 1. The van der Waals surface area contributed by atoms with Gasteiger partial charge in [0.05, 0.1) is 17.9 Å². The van der Waals surface area contributed by atoms with Crippen molar-refractivity contribution < 1.29 is 22.8 Å². The number of carbonyl (C=O) groups is 1. The van der Waals surface area contributed by atoms with Crippen LogP contribution in [0.1, 0.15) is 35.8 Å². The minimum atomic E-state index is -4.87. The van der Waals surface area contributed by atoms with Crippen LogP contribution in [-0.2, 0) is 18.1 Å². The molecule has 2 rings (SSSR count). The Morgan fingerprint density at radius 1 is 1.54 bits per heavy atom. The van der Waals surface area contributed by atoms with Gasteiger partial charge in [0.25, 0.3) is 0 Å². The molecule has 0 aromatic carbocycles. The van der Waals surface area contributed by atoms with Gasteiger partial charge in [-0.05, 0) is 25.7 Å². The summed E-state index contributed by atoms with van der Waals surface area (Å²) in [5, 5.41) is 11.9. The molecule has 24 heavy (non-hydrogen) atoms. The van der Waals surface area contributed by atoms with Gasteiger partial charge in [0, 0.05) is 7.05 Å². The maximum atomic E-state index is 13.0. The number of alkyl halides is 3. The van der Waals surface area contributed by atoms with Gasteiger partial charge in [-0.2, -0.15) is 23.5 Å². The predicted molar refractivity (Wildman–Crippen MR) is 77.7 cm³/mol. The third kappa shape index (κ3) is 3.88. The molecule has 0 atom stereocenters. The molecule has 0 bridgehead atoms. The van der Waals surface area contributed by atoms with Crippen molar-refractivity contribution in [1.82, 2.24) is 15.3 Å². The quantitative estimate of drug-likeness (QED) is 0.364. The van der Waals surface area contributed by atoms with Gasteiger partial charge in [-0.3, -0.25) is 19.8 Å². The van der Waals surface area contributed by atoms with Gasteiger partial charge in [0.15, 0.2) is 5.69 Å². The van der Waals surface area contributed by atoms with Gasteiger partial charge in [-0.1, -0.05) is 11.6 Å². The lowest BCUT2D eigenvalue weighted by atomic mass is 10.0. The number of nitriles is 1. The molecule has 1 N–H and O–H groups in total. The molecular formula is C14H14ClF3N4O2. The van der Waals surface area contributed by atoms with Crippen molar-refractivity contribution in [1.29, 1.82) is 5.26 Å². The van der Waals surface area contributed by atoms with Crippen LogP contribution in [0, 0.1) is 17.2 Å². The predicted octanol–water partition coefficient (Wildman–Crippen LogP) is 3.00. The summed E-state index contributed by atoms with van der Waals surface area (Å²) in [6, 6.07) is 1.59. The number of halogens is 4. The SMILES string of the molecule is CC(NOCC1CC1)=C(C#N)C(=O)c1c(C(F)(F)F)nn(C)c1Cl. The highest BCUT2D eigenvalue weighted by Gasteiger charge is 2.41. The van der Waals surface area contributed by atoms with Crippen molar-refractivity contribution in [3.05, 3.63) is 27.7 Å². The first kappa shape index (κ1) is 18.3. The number of nitrogens with zero attached hydrogens (tertiary/aromatic N) is 3. The van der Waals surface area contributed by atoms with E-state index in [9.17, 15) is 18.0 Å². The van der Waals surface area contributed by atoms with E-state index in [0.29, 0.717) is 12.5 Å². The summed E-state index contributed by atoms with van der Waals surface area (Å²) >= 11 is 5.77. The molecule has 1 aliphatic carbocycles. The average molecular weight is 363 g/mol. The van der Waals surface area contributed by atoms with E-state index in [0.717, 1.165) is 17.5 Å². The lowest BCUT2D eigenvalue weighted by molar-refractivity contribution is -0.141. The number of hydrogen-bond acceptors (Lipinski definition) is 5. The minimum Gasteiger partial charge on any atom is -0.288 e. The summed E-state index contributed by atoms with van der Waals surface area (Å²) < 4.78 is 39.9. The number of nitrogens with one attached hydrogen (secondary N) is 1. The highest BCUT2D eigenvalue weighted by molar-refractivity contribution is 6.34. The van der Waals surface area contributed by atoms with Crippen LogP contribution in [0.2, 0.25) is 5.15 Å². The molecule has 0 saturated heterocycles. The first-order valence-corrected chi connectivity index (χ1v) is 7.37. The highest BCUT2D eigenvalue weighted by atomic mass is 35.5. The van der Waals surface area contributed by atoms with Gasteiger partial charge >= 0.3 is 6.18 Å². The normalized spacial score (nSPS) is 15.7. The van der Waals surface area contributed by atoms with Crippen LogP contribution in [-0.4, -0.2) is 22.2 Å². The lowest BCUT2D eigenvalue weighted by Crippen LogP contribution is -2.20. The number of Topliss-reactive ketones (excluding diaryl/α,β-unsaturated/α-hetero) is 1. The molecule has 0 spiro atoms. The Labute approximate surface area is 140 Å². The second kappa shape index (κ2) is 6.83. The number of carbonyl (C=O) groups excluding carboxylic acids is 1. The Morgan fingerprint density at radius 3 is 2.67 bits per heavy atom. The smallest absolute Gasteiger partial charge is 0.288 e. The van der Waals surface area contributed by atoms with E-state index in [1.165, 1.54) is 14.0 Å². The molecule has 0 aliphatic heterocycles. The molecule has 1 fully saturated rings. The first-order valence-electron chi connectivity index (χ1n) is 7.00. The van der Waals surface area contributed by atoms with Crippen LogP contribution in [0.5, 0.6) is 0 Å². The van der Waals surface area contributed by atoms with E-state index in [2.05, 4.69) is 10.6 Å². The van der Waals surface area contributed by atoms with Gasteiger partial charge in [0.2, 0.25) is 5.78 Å². The fourth-order valence-electron chi connectivity index (χ4n) is 1.94. The standard InChI is InChI=1S/C14H14ClF3N4O2/c1-7(21-24-6-8-3-4-8)9(5-19)11(23)10-12(14(16,17)18)20-22(2)13(10)15/h8,21H,3-4,6H2,1-2H3. The highest BCUT2D eigenvalue weighted by Crippen LogP contribution is 2.35. The molecule has 1 heterocycles. The van der Waals surface area contributed by atoms with Crippen molar-refractivity contribution >= 4 is 17.4 Å². The van der Waals surface area contributed by atoms with E-state index in [4.69, 9.17) is 21.7 Å². The van der Waals surface area contributed by atoms with Crippen LogP contribution in [0.15, 0.2) is 11.3 Å². The van der Waals surface area contributed by atoms with Gasteiger partial charge in [-0.15, -0.1) is 0 Å². The van der Waals surface area contributed by atoms with E-state index in [1.807, 2.05) is 0 Å². The summed E-state index contributed by atoms with van der Waals surface area (Å²) in [5.74, 6) is -0.737. The Balaban J connectivity index is 2.32. The molecule has 0 radical (unpaired) electrons. The maximum absolute atomic E-state index is 13.0. The monoisotopic (exact) mass is 362 g/mol. The Hall–Kier alpha value is -2.05. The molecule has 1 saturated carbocycles. The fourth-order valence-corrected chi connectivity index (χ4v) is 2.15. The zero-order valence-corrected chi connectivity index (χ0v) is 13.6. The zero-order chi connectivity index (χ0) is 18.1. The van der Waals surface area contributed by atoms with Crippen molar-refractivity contribution in [2.45, 2.75) is 25.9 Å². The van der Waals surface area contributed by atoms with Crippen molar-refractivity contribution in [2.24, 2.45) is 13.0 Å². The molecule has 1 aromatic rings. The number of allylic oxidation sites excluding steroid dienone is 2. The molecule has 1 aromatic heterocycles. The molecular weight excluding hydrogens is 349 g/mol. The third-order valence-electron chi connectivity index (χ3n) is 3.43. The molecule has 130 valence electrons. The Bertz CT molecular complexity index is 730. The second-order valence-electron chi connectivity index (χ2n) is 5.43. The topological polar surface area (TPSA) is 79.9 Å². The molecule has 6 nitrogen and oxygen atoms in total. The van der Waals surface area contributed by atoms with Crippen LogP contribution in [0.25, 0.3) is 0 Å². The number of ketones is 1. The minimum absolute atomic E-state index is 0.0104. The van der Waals surface area contributed by atoms with Crippen LogP contribution >= 0.6 is 11.6 Å². The molecule has 1 aliphatic rings. The van der Waals surface area contributed by atoms with Gasteiger partial charge in [-0.25, -0.2) is 0 Å². The molecule has 0 amide bonds. The number of hydroxylamine groups is 1. The number of aromatic nitrogens is 2. The first-order chi connectivity index (χ1) is 11.2. The lowest BCUT2D eigenvalue weighted by Gasteiger charge is -2.10. The summed E-state index contributed by atoms with van der Waals surface area (Å²) in [7, 11) is 1.17. The molecule has 10 heteroatoms. The third-order valence-corrected chi connectivity index (χ3v) is 3.86. The zero-order valence-electron chi connectivity index (χ0n) is 12.9. The summed E-state index contributed by atoms with van der Waals surface area (Å²) in [6.45, 7) is 1.76. The van der Waals surface area contributed by atoms with Crippen molar-refractivity contribution in [3.8, 4) is 6.07 Å². The van der Waals surface area contributed by atoms with Crippen LogP contribution < -0.4 is 5.48 Å². The van der Waals surface area contributed by atoms with Crippen LogP contribution in [0.3, 0.4) is 0 Å². The van der Waals surface area contributed by atoms with Crippen LogP contribution in [0.4, 0.5) is 13.2 Å². The maximum Gasteiger partial charge on any atom is 0.435 e. The van der Waals surface area contributed by atoms with Gasteiger partial charge in [0.1, 0.15) is 16.8 Å². The Kier molecular flexibility index (Phi) is 5.20. The second-order valence-corrected chi connectivity index (χ2v) is 5.79. The Morgan fingerprint density at radius 2 is 2.17 bits per heavy atom. The van der Waals surface area contributed by atoms with E-state index >= 15 is 0 Å². The summed E-state index contributed by atoms with van der Waals surface area (Å²) in [4.78, 5) is 17.5. The van der Waals surface area contributed by atoms with Gasteiger partial charge < -0.3 is 0 Å². The summed E-state index contributed by atoms with van der Waals surface area (Å²) in [6.07, 6.45) is -2.80. The number of rotatable bonds is 6. The average Bonchev–Trinajstić information content (AvgIpc) is 3.24.